The normalized spacial score (nSPS) is 16.6. The molecule has 130 valence electrons. The molecule has 0 saturated carbocycles. The maximum absolute atomic E-state index is 13.1. The first-order valence-corrected chi connectivity index (χ1v) is 9.45. The molecule has 1 aliphatic heterocycles. The molecular formula is C22H19BrN2O. The van der Waals surface area contributed by atoms with Crippen LogP contribution in [0.15, 0.2) is 83.3 Å². The van der Waals surface area contributed by atoms with Gasteiger partial charge < -0.3 is 10.2 Å². The zero-order chi connectivity index (χ0) is 17.9. The largest absolute Gasteiger partial charge is 0.376 e. The van der Waals surface area contributed by atoms with Crippen molar-refractivity contribution in [1.29, 1.82) is 0 Å². The first-order chi connectivity index (χ1) is 12.7. The number of anilines is 2. The van der Waals surface area contributed by atoms with Gasteiger partial charge in [-0.1, -0.05) is 70.5 Å². The van der Waals surface area contributed by atoms with Crippen LogP contribution >= 0.6 is 15.9 Å². The van der Waals surface area contributed by atoms with Crippen LogP contribution < -0.4 is 10.2 Å². The number of carbonyl (C=O) groups is 1. The predicted octanol–water partition coefficient (Wildman–Crippen LogP) is 5.54. The molecule has 0 bridgehead atoms. The Bertz CT molecular complexity index is 909. The van der Waals surface area contributed by atoms with Gasteiger partial charge in [0.2, 0.25) is 5.91 Å². The Morgan fingerprint density at radius 2 is 1.62 bits per heavy atom. The van der Waals surface area contributed by atoms with E-state index in [0.29, 0.717) is 13.0 Å². The zero-order valence-electron chi connectivity index (χ0n) is 14.2. The highest BCUT2D eigenvalue weighted by molar-refractivity contribution is 9.10. The number of hydrogen-bond donors (Lipinski definition) is 1. The number of fused-ring (bicyclic) bond motifs is 1. The molecular weight excluding hydrogens is 388 g/mol. The molecule has 0 spiro atoms. The van der Waals surface area contributed by atoms with Crippen LogP contribution in [-0.4, -0.2) is 5.91 Å². The number of nitrogens with zero attached hydrogens (tertiary/aromatic N) is 1. The van der Waals surface area contributed by atoms with Crippen molar-refractivity contribution >= 4 is 33.2 Å². The highest BCUT2D eigenvalue weighted by Crippen LogP contribution is 2.36. The Labute approximate surface area is 161 Å². The van der Waals surface area contributed by atoms with Gasteiger partial charge in [-0.05, 0) is 35.4 Å². The second kappa shape index (κ2) is 7.34. The monoisotopic (exact) mass is 406 g/mol. The van der Waals surface area contributed by atoms with Crippen molar-refractivity contribution in [2.75, 3.05) is 10.2 Å². The number of benzene rings is 3. The Hall–Kier alpha value is -2.59. The molecule has 0 aromatic heterocycles. The third-order valence-corrected chi connectivity index (χ3v) is 5.19. The van der Waals surface area contributed by atoms with Gasteiger partial charge in [-0.3, -0.25) is 4.79 Å². The molecule has 3 aromatic rings. The number of amides is 1. The smallest absolute Gasteiger partial charge is 0.229 e. The van der Waals surface area contributed by atoms with Crippen molar-refractivity contribution in [2.45, 2.75) is 19.0 Å². The van der Waals surface area contributed by atoms with Gasteiger partial charge in [0, 0.05) is 4.47 Å². The molecule has 1 aliphatic rings. The van der Waals surface area contributed by atoms with Crippen LogP contribution in [0.4, 0.5) is 11.4 Å². The quantitative estimate of drug-likeness (QED) is 0.619. The maximum atomic E-state index is 13.1. The van der Waals surface area contributed by atoms with Crippen molar-refractivity contribution in [3.63, 3.8) is 0 Å². The molecule has 1 amide bonds. The fourth-order valence-corrected chi connectivity index (χ4v) is 3.59. The second-order valence-corrected chi connectivity index (χ2v) is 7.35. The summed E-state index contributed by atoms with van der Waals surface area (Å²) in [7, 11) is 0. The van der Waals surface area contributed by atoms with Gasteiger partial charge in [0.25, 0.3) is 0 Å². The van der Waals surface area contributed by atoms with E-state index in [0.717, 1.165) is 27.0 Å². The molecule has 4 rings (SSSR count). The molecule has 0 radical (unpaired) electrons. The van der Waals surface area contributed by atoms with Gasteiger partial charge in [0.1, 0.15) is 0 Å². The van der Waals surface area contributed by atoms with E-state index in [-0.39, 0.29) is 11.9 Å². The van der Waals surface area contributed by atoms with E-state index in [1.807, 2.05) is 59.5 Å². The van der Waals surface area contributed by atoms with Crippen LogP contribution in [-0.2, 0) is 11.3 Å². The molecule has 0 unspecified atom stereocenters. The Morgan fingerprint density at radius 3 is 2.38 bits per heavy atom. The lowest BCUT2D eigenvalue weighted by Gasteiger charge is -2.22. The molecule has 0 saturated heterocycles. The molecule has 1 atom stereocenters. The number of halogens is 1. The minimum Gasteiger partial charge on any atom is -0.376 e. The third kappa shape index (κ3) is 3.51. The molecule has 1 heterocycles. The van der Waals surface area contributed by atoms with Crippen LogP contribution in [0, 0.1) is 0 Å². The Kier molecular flexibility index (Phi) is 4.76. The lowest BCUT2D eigenvalue weighted by Crippen LogP contribution is -2.30. The highest BCUT2D eigenvalue weighted by Gasteiger charge is 2.28. The molecule has 0 aliphatic carbocycles. The van der Waals surface area contributed by atoms with E-state index in [1.165, 1.54) is 0 Å². The summed E-state index contributed by atoms with van der Waals surface area (Å²) in [5, 5.41) is 3.56. The average Bonchev–Trinajstić information content (AvgIpc) is 2.80. The van der Waals surface area contributed by atoms with Crippen LogP contribution in [0.3, 0.4) is 0 Å². The second-order valence-electron chi connectivity index (χ2n) is 6.44. The Morgan fingerprint density at radius 1 is 0.923 bits per heavy atom. The van der Waals surface area contributed by atoms with Crippen molar-refractivity contribution in [3.8, 4) is 0 Å². The summed E-state index contributed by atoms with van der Waals surface area (Å²) in [5.41, 5.74) is 4.15. The van der Waals surface area contributed by atoms with E-state index < -0.39 is 0 Å². The number of rotatable bonds is 3. The lowest BCUT2D eigenvalue weighted by molar-refractivity contribution is -0.118. The van der Waals surface area contributed by atoms with Crippen molar-refractivity contribution in [1.82, 2.24) is 0 Å². The van der Waals surface area contributed by atoms with Gasteiger partial charge in [-0.15, -0.1) is 0 Å². The van der Waals surface area contributed by atoms with Crippen LogP contribution in [0.2, 0.25) is 0 Å². The van der Waals surface area contributed by atoms with Crippen molar-refractivity contribution < 1.29 is 4.79 Å². The first-order valence-electron chi connectivity index (χ1n) is 8.66. The van der Waals surface area contributed by atoms with Crippen molar-refractivity contribution in [3.05, 3.63) is 94.5 Å². The fraction of sp³-hybridized carbons (Fsp3) is 0.136. The summed E-state index contributed by atoms with van der Waals surface area (Å²) in [6.07, 6.45) is 0.420. The standard InChI is InChI=1S/C22H19BrN2O/c23-18-12-10-17(11-13-18)20-14-22(26)25(15-16-6-2-1-3-7-16)21-9-5-4-8-19(21)24-20/h1-13,20,24H,14-15H2/t20-/m0/s1. The zero-order valence-corrected chi connectivity index (χ0v) is 15.8. The fourth-order valence-electron chi connectivity index (χ4n) is 3.32. The van der Waals surface area contributed by atoms with E-state index in [1.54, 1.807) is 0 Å². The summed E-state index contributed by atoms with van der Waals surface area (Å²) in [5.74, 6) is 0.124. The van der Waals surface area contributed by atoms with E-state index >= 15 is 0 Å². The van der Waals surface area contributed by atoms with Gasteiger partial charge >= 0.3 is 0 Å². The first kappa shape index (κ1) is 16.9. The summed E-state index contributed by atoms with van der Waals surface area (Å²) in [6.45, 7) is 0.575. The number of nitrogens with one attached hydrogen (secondary N) is 1. The summed E-state index contributed by atoms with van der Waals surface area (Å²) < 4.78 is 1.03. The molecule has 1 N–H and O–H groups in total. The van der Waals surface area contributed by atoms with E-state index in [9.17, 15) is 4.79 Å². The minimum atomic E-state index is -0.0440. The highest BCUT2D eigenvalue weighted by atomic mass is 79.9. The summed E-state index contributed by atoms with van der Waals surface area (Å²) >= 11 is 3.47. The predicted molar refractivity (Wildman–Crippen MR) is 109 cm³/mol. The molecule has 3 nitrogen and oxygen atoms in total. The molecule has 26 heavy (non-hydrogen) atoms. The van der Waals surface area contributed by atoms with Crippen molar-refractivity contribution in [2.24, 2.45) is 0 Å². The topological polar surface area (TPSA) is 32.3 Å². The maximum Gasteiger partial charge on any atom is 0.229 e. The van der Waals surface area contributed by atoms with E-state index in [2.05, 4.69) is 45.5 Å². The van der Waals surface area contributed by atoms with Gasteiger partial charge in [-0.25, -0.2) is 0 Å². The lowest BCUT2D eigenvalue weighted by atomic mass is 10.0. The number of para-hydroxylation sites is 2. The number of hydrogen-bond acceptors (Lipinski definition) is 2. The van der Waals surface area contributed by atoms with E-state index in [4.69, 9.17) is 0 Å². The van der Waals surface area contributed by atoms with Gasteiger partial charge in [0.15, 0.2) is 0 Å². The van der Waals surface area contributed by atoms with Crippen LogP contribution in [0.1, 0.15) is 23.6 Å². The number of carbonyl (C=O) groups excluding carboxylic acids is 1. The molecule has 3 aromatic carbocycles. The third-order valence-electron chi connectivity index (χ3n) is 4.66. The molecule has 4 heteroatoms. The molecule has 0 fully saturated rings. The van der Waals surface area contributed by atoms with Crippen LogP contribution in [0.5, 0.6) is 0 Å². The van der Waals surface area contributed by atoms with Gasteiger partial charge in [0.05, 0.1) is 30.4 Å². The van der Waals surface area contributed by atoms with Gasteiger partial charge in [-0.2, -0.15) is 0 Å². The average molecular weight is 407 g/mol. The van der Waals surface area contributed by atoms with Crippen LogP contribution in [0.25, 0.3) is 0 Å². The summed E-state index contributed by atoms with van der Waals surface area (Å²) in [6, 6.07) is 26.2. The summed E-state index contributed by atoms with van der Waals surface area (Å²) in [4.78, 5) is 15.0. The minimum absolute atomic E-state index is 0.0440. The Balaban J connectivity index is 1.69. The SMILES string of the molecule is O=C1C[C@@H](c2ccc(Br)cc2)Nc2ccccc2N1Cc1ccccc1.